The van der Waals surface area contributed by atoms with E-state index in [9.17, 15) is 4.79 Å². The van der Waals surface area contributed by atoms with Crippen LogP contribution in [0.2, 0.25) is 0 Å². The zero-order valence-corrected chi connectivity index (χ0v) is 10.9. The molecule has 18 heavy (non-hydrogen) atoms. The van der Waals surface area contributed by atoms with Crippen molar-refractivity contribution >= 4 is 11.9 Å². The summed E-state index contributed by atoms with van der Waals surface area (Å²) in [5, 5.41) is 2.91. The van der Waals surface area contributed by atoms with Gasteiger partial charge in [0.1, 0.15) is 0 Å². The van der Waals surface area contributed by atoms with E-state index in [-0.39, 0.29) is 17.9 Å². The molecule has 0 aliphatic carbocycles. The number of amides is 1. The molecule has 1 N–H and O–H groups in total. The van der Waals surface area contributed by atoms with Crippen molar-refractivity contribution in [3.8, 4) is 5.88 Å². The molecular weight excluding hydrogens is 232 g/mol. The van der Waals surface area contributed by atoms with E-state index in [4.69, 9.17) is 4.74 Å². The lowest BCUT2D eigenvalue weighted by Crippen LogP contribution is -2.55. The fourth-order valence-electron chi connectivity index (χ4n) is 1.81. The zero-order chi connectivity index (χ0) is 13.1. The van der Waals surface area contributed by atoms with Gasteiger partial charge in [-0.05, 0) is 13.8 Å². The fraction of sp³-hybridized carbons (Fsp3) is 0.583. The first-order chi connectivity index (χ1) is 8.60. The summed E-state index contributed by atoms with van der Waals surface area (Å²) in [7, 11) is 1.57. The van der Waals surface area contributed by atoms with Gasteiger partial charge in [-0.15, -0.1) is 0 Å². The number of nitrogens with zero attached hydrogens (tertiary/aromatic N) is 3. The Bertz CT molecular complexity index is 430. The second-order valence-corrected chi connectivity index (χ2v) is 4.66. The molecule has 0 spiro atoms. The molecule has 98 valence electrons. The summed E-state index contributed by atoms with van der Waals surface area (Å²) in [5.41, 5.74) is 0. The van der Waals surface area contributed by atoms with Crippen molar-refractivity contribution in [3.63, 3.8) is 0 Å². The average Bonchev–Trinajstić information content (AvgIpc) is 2.26. The first-order valence-corrected chi connectivity index (χ1v) is 6.02. The van der Waals surface area contributed by atoms with Crippen molar-refractivity contribution in [2.75, 3.05) is 25.1 Å². The first-order valence-electron chi connectivity index (χ1n) is 6.02. The van der Waals surface area contributed by atoms with Crippen LogP contribution < -0.4 is 15.0 Å². The standard InChI is InChI=1S/C12H18N4O2/c1-8(2)14-11(17)9-6-16(7-9)12-13-5-4-10(15-12)18-3/h4-5,8-9H,6-7H2,1-3H3,(H,14,17). The van der Waals surface area contributed by atoms with Gasteiger partial charge in [0, 0.05) is 31.4 Å². The quantitative estimate of drug-likeness (QED) is 0.840. The molecule has 0 unspecified atom stereocenters. The van der Waals surface area contributed by atoms with Gasteiger partial charge in [-0.25, -0.2) is 4.98 Å². The number of aromatic nitrogens is 2. The van der Waals surface area contributed by atoms with Crippen LogP contribution in [0, 0.1) is 5.92 Å². The summed E-state index contributed by atoms with van der Waals surface area (Å²) >= 11 is 0. The molecule has 1 saturated heterocycles. The topological polar surface area (TPSA) is 67.3 Å². The van der Waals surface area contributed by atoms with Crippen LogP contribution in [0.5, 0.6) is 5.88 Å². The molecule has 0 aromatic carbocycles. The monoisotopic (exact) mass is 250 g/mol. The summed E-state index contributed by atoms with van der Waals surface area (Å²) in [5.74, 6) is 1.28. The maximum atomic E-state index is 11.7. The molecule has 6 heteroatoms. The van der Waals surface area contributed by atoms with Crippen LogP contribution in [-0.4, -0.2) is 42.1 Å². The highest BCUT2D eigenvalue weighted by Gasteiger charge is 2.34. The Morgan fingerprint density at radius 3 is 2.89 bits per heavy atom. The molecule has 1 aromatic rings. The molecule has 1 aliphatic heterocycles. The Hall–Kier alpha value is -1.85. The summed E-state index contributed by atoms with van der Waals surface area (Å²) in [6.45, 7) is 5.23. The van der Waals surface area contributed by atoms with E-state index >= 15 is 0 Å². The van der Waals surface area contributed by atoms with E-state index in [2.05, 4.69) is 15.3 Å². The number of rotatable bonds is 4. The Morgan fingerprint density at radius 1 is 1.56 bits per heavy atom. The average molecular weight is 250 g/mol. The van der Waals surface area contributed by atoms with E-state index in [1.807, 2.05) is 18.7 Å². The van der Waals surface area contributed by atoms with Gasteiger partial charge in [0.05, 0.1) is 13.0 Å². The van der Waals surface area contributed by atoms with Gasteiger partial charge in [-0.2, -0.15) is 4.98 Å². The molecule has 1 amide bonds. The van der Waals surface area contributed by atoms with Gasteiger partial charge in [0.15, 0.2) is 0 Å². The molecule has 2 heterocycles. The molecule has 2 rings (SSSR count). The number of carbonyl (C=O) groups is 1. The summed E-state index contributed by atoms with van der Waals surface area (Å²) in [6, 6.07) is 1.88. The van der Waals surface area contributed by atoms with Crippen molar-refractivity contribution in [2.45, 2.75) is 19.9 Å². The van der Waals surface area contributed by atoms with E-state index in [0.717, 1.165) is 0 Å². The highest BCUT2D eigenvalue weighted by Crippen LogP contribution is 2.22. The van der Waals surface area contributed by atoms with Crippen molar-refractivity contribution in [1.29, 1.82) is 0 Å². The maximum Gasteiger partial charge on any atom is 0.228 e. The molecule has 1 fully saturated rings. The second-order valence-electron chi connectivity index (χ2n) is 4.66. The normalized spacial score (nSPS) is 15.4. The lowest BCUT2D eigenvalue weighted by molar-refractivity contribution is -0.126. The number of anilines is 1. The largest absolute Gasteiger partial charge is 0.481 e. The van der Waals surface area contributed by atoms with Crippen LogP contribution in [0.3, 0.4) is 0 Å². The second kappa shape index (κ2) is 5.20. The predicted octanol–water partition coefficient (Wildman–Crippen LogP) is 0.446. The minimum absolute atomic E-state index is 0.0298. The van der Waals surface area contributed by atoms with E-state index < -0.39 is 0 Å². The Morgan fingerprint density at radius 2 is 2.28 bits per heavy atom. The third kappa shape index (κ3) is 2.69. The van der Waals surface area contributed by atoms with E-state index in [1.54, 1.807) is 19.4 Å². The molecule has 0 saturated carbocycles. The summed E-state index contributed by atoms with van der Waals surface area (Å²) in [6.07, 6.45) is 1.66. The molecule has 1 aliphatic rings. The lowest BCUT2D eigenvalue weighted by atomic mass is 9.99. The van der Waals surface area contributed by atoms with Gasteiger partial charge in [-0.1, -0.05) is 0 Å². The van der Waals surface area contributed by atoms with Crippen LogP contribution in [0.1, 0.15) is 13.8 Å². The van der Waals surface area contributed by atoms with E-state index in [0.29, 0.717) is 24.9 Å². The number of nitrogens with one attached hydrogen (secondary N) is 1. The number of ether oxygens (including phenoxy) is 1. The molecule has 0 bridgehead atoms. The van der Waals surface area contributed by atoms with Crippen LogP contribution in [-0.2, 0) is 4.79 Å². The van der Waals surface area contributed by atoms with Crippen molar-refractivity contribution in [3.05, 3.63) is 12.3 Å². The van der Waals surface area contributed by atoms with Crippen LogP contribution >= 0.6 is 0 Å². The third-order valence-electron chi connectivity index (χ3n) is 2.79. The van der Waals surface area contributed by atoms with Gasteiger partial charge >= 0.3 is 0 Å². The fourth-order valence-corrected chi connectivity index (χ4v) is 1.81. The molecule has 0 radical (unpaired) electrons. The molecule has 0 atom stereocenters. The van der Waals surface area contributed by atoms with Crippen molar-refractivity contribution in [1.82, 2.24) is 15.3 Å². The smallest absolute Gasteiger partial charge is 0.228 e. The number of hydrogen-bond acceptors (Lipinski definition) is 5. The Labute approximate surface area is 106 Å². The number of methoxy groups -OCH3 is 1. The SMILES string of the molecule is COc1ccnc(N2CC(C(=O)NC(C)C)C2)n1. The molecular formula is C12H18N4O2. The zero-order valence-electron chi connectivity index (χ0n) is 10.9. The van der Waals surface area contributed by atoms with Crippen molar-refractivity contribution < 1.29 is 9.53 Å². The predicted molar refractivity (Wildman–Crippen MR) is 67.6 cm³/mol. The number of hydrogen-bond donors (Lipinski definition) is 1. The minimum Gasteiger partial charge on any atom is -0.481 e. The van der Waals surface area contributed by atoms with Gasteiger partial charge in [0.2, 0.25) is 17.7 Å². The van der Waals surface area contributed by atoms with Crippen LogP contribution in [0.15, 0.2) is 12.3 Å². The Kier molecular flexibility index (Phi) is 3.64. The van der Waals surface area contributed by atoms with Crippen molar-refractivity contribution in [2.24, 2.45) is 5.92 Å². The highest BCUT2D eigenvalue weighted by molar-refractivity contribution is 5.81. The number of carbonyl (C=O) groups excluding carboxylic acids is 1. The molecule has 1 aromatic heterocycles. The third-order valence-corrected chi connectivity index (χ3v) is 2.79. The van der Waals surface area contributed by atoms with Crippen LogP contribution in [0.25, 0.3) is 0 Å². The minimum atomic E-state index is 0.0298. The summed E-state index contributed by atoms with van der Waals surface area (Å²) < 4.78 is 5.04. The Balaban J connectivity index is 1.90. The highest BCUT2D eigenvalue weighted by atomic mass is 16.5. The van der Waals surface area contributed by atoms with E-state index in [1.165, 1.54) is 0 Å². The van der Waals surface area contributed by atoms with Gasteiger partial charge < -0.3 is 15.0 Å². The first kappa shape index (κ1) is 12.6. The lowest BCUT2D eigenvalue weighted by Gasteiger charge is -2.38. The van der Waals surface area contributed by atoms with Gasteiger partial charge in [0.25, 0.3) is 0 Å². The maximum absolute atomic E-state index is 11.7. The molecule has 6 nitrogen and oxygen atoms in total. The summed E-state index contributed by atoms with van der Waals surface area (Å²) in [4.78, 5) is 22.1. The van der Waals surface area contributed by atoms with Crippen LogP contribution in [0.4, 0.5) is 5.95 Å². The van der Waals surface area contributed by atoms with Gasteiger partial charge in [-0.3, -0.25) is 4.79 Å².